The molecule has 0 aliphatic carbocycles. The third kappa shape index (κ3) is 5.59. The topological polar surface area (TPSA) is 66.5 Å². The number of benzene rings is 2. The van der Waals surface area contributed by atoms with Gasteiger partial charge in [-0.3, -0.25) is 4.79 Å². The van der Waals surface area contributed by atoms with Crippen molar-refractivity contribution in [2.75, 3.05) is 13.1 Å². The van der Waals surface area contributed by atoms with E-state index >= 15 is 0 Å². The van der Waals surface area contributed by atoms with Gasteiger partial charge in [0, 0.05) is 19.0 Å². The van der Waals surface area contributed by atoms with Crippen molar-refractivity contribution in [2.24, 2.45) is 11.8 Å². The van der Waals surface area contributed by atoms with Crippen LogP contribution in [0.25, 0.3) is 0 Å². The van der Waals surface area contributed by atoms with Crippen LogP contribution >= 0.6 is 0 Å². The van der Waals surface area contributed by atoms with Gasteiger partial charge < -0.3 is 5.32 Å². The standard InChI is InChI=1S/C26H36N2O3S/c1-18(2)21-8-10-22(11-9-21)25(19(3)4)27-26(29)23-14-16-28(17-15-23)32(30,31)24-12-6-20(5)7-13-24/h6-13,18-19,23,25H,14-17H2,1-5H3,(H,27,29). The fraction of sp³-hybridized carbons (Fsp3) is 0.500. The molecule has 5 nitrogen and oxygen atoms in total. The lowest BCUT2D eigenvalue weighted by molar-refractivity contribution is -0.127. The second-order valence-corrected chi connectivity index (χ2v) is 11.5. The van der Waals surface area contributed by atoms with Crippen LogP contribution in [0.4, 0.5) is 0 Å². The lowest BCUT2D eigenvalue weighted by Gasteiger charge is -2.32. The van der Waals surface area contributed by atoms with Crippen molar-refractivity contribution in [3.05, 3.63) is 65.2 Å². The van der Waals surface area contributed by atoms with Gasteiger partial charge in [0.25, 0.3) is 0 Å². The Morgan fingerprint density at radius 3 is 1.94 bits per heavy atom. The van der Waals surface area contributed by atoms with E-state index in [1.54, 1.807) is 12.1 Å². The van der Waals surface area contributed by atoms with Gasteiger partial charge in [-0.2, -0.15) is 4.31 Å². The van der Waals surface area contributed by atoms with Crippen molar-refractivity contribution in [1.82, 2.24) is 9.62 Å². The monoisotopic (exact) mass is 456 g/mol. The average Bonchev–Trinajstić information content (AvgIpc) is 2.77. The summed E-state index contributed by atoms with van der Waals surface area (Å²) in [6.45, 7) is 11.2. The third-order valence-electron chi connectivity index (χ3n) is 6.41. The smallest absolute Gasteiger partial charge is 0.243 e. The van der Waals surface area contributed by atoms with Gasteiger partial charge in [-0.15, -0.1) is 0 Å². The number of nitrogens with zero attached hydrogens (tertiary/aromatic N) is 1. The van der Waals surface area contributed by atoms with Crippen LogP contribution in [0.3, 0.4) is 0 Å². The molecule has 1 aliphatic heterocycles. The minimum Gasteiger partial charge on any atom is -0.349 e. The van der Waals surface area contributed by atoms with Gasteiger partial charge in [-0.25, -0.2) is 8.42 Å². The number of carbonyl (C=O) groups is 1. The first-order valence-electron chi connectivity index (χ1n) is 11.6. The molecule has 1 saturated heterocycles. The van der Waals surface area contributed by atoms with Crippen LogP contribution in [-0.4, -0.2) is 31.7 Å². The summed E-state index contributed by atoms with van der Waals surface area (Å²) in [4.78, 5) is 13.4. The predicted molar refractivity (Wildman–Crippen MR) is 129 cm³/mol. The predicted octanol–water partition coefficient (Wildman–Crippen LogP) is 5.03. The first-order valence-corrected chi connectivity index (χ1v) is 13.0. The number of hydrogen-bond acceptors (Lipinski definition) is 3. The summed E-state index contributed by atoms with van der Waals surface area (Å²) in [6.07, 6.45) is 1.07. The zero-order chi connectivity index (χ0) is 23.5. The molecule has 1 aliphatic rings. The molecule has 0 bridgehead atoms. The lowest BCUT2D eigenvalue weighted by atomic mass is 9.91. The number of aryl methyl sites for hydroxylation is 1. The highest BCUT2D eigenvalue weighted by Crippen LogP contribution is 2.28. The summed E-state index contributed by atoms with van der Waals surface area (Å²) in [5.74, 6) is 0.572. The molecule has 1 atom stereocenters. The number of sulfonamides is 1. The third-order valence-corrected chi connectivity index (χ3v) is 8.32. The first kappa shape index (κ1) is 24.5. The molecule has 1 amide bonds. The Hall–Kier alpha value is -2.18. The quantitative estimate of drug-likeness (QED) is 0.635. The van der Waals surface area contributed by atoms with Crippen LogP contribution in [-0.2, 0) is 14.8 Å². The number of piperidine rings is 1. The molecule has 1 heterocycles. The van der Waals surface area contributed by atoms with Crippen molar-refractivity contribution < 1.29 is 13.2 Å². The van der Waals surface area contributed by atoms with Gasteiger partial charge >= 0.3 is 0 Å². The van der Waals surface area contributed by atoms with E-state index in [0.29, 0.717) is 36.7 Å². The van der Waals surface area contributed by atoms with Crippen LogP contribution in [0.2, 0.25) is 0 Å². The second-order valence-electron chi connectivity index (χ2n) is 9.54. The van der Waals surface area contributed by atoms with Crippen LogP contribution in [0.15, 0.2) is 53.4 Å². The largest absolute Gasteiger partial charge is 0.349 e. The van der Waals surface area contributed by atoms with Crippen molar-refractivity contribution in [3.8, 4) is 0 Å². The molecule has 2 aromatic carbocycles. The fourth-order valence-corrected chi connectivity index (χ4v) is 5.68. The molecule has 0 spiro atoms. The van der Waals surface area contributed by atoms with Gasteiger partial charge in [0.15, 0.2) is 0 Å². The van der Waals surface area contributed by atoms with E-state index in [1.807, 2.05) is 19.1 Å². The van der Waals surface area contributed by atoms with Gasteiger partial charge in [-0.05, 0) is 54.9 Å². The van der Waals surface area contributed by atoms with E-state index < -0.39 is 10.0 Å². The molecular formula is C26H36N2O3S. The highest BCUT2D eigenvalue weighted by Gasteiger charge is 2.33. The van der Waals surface area contributed by atoms with Gasteiger partial charge in [0.1, 0.15) is 0 Å². The zero-order valence-corrected chi connectivity index (χ0v) is 20.7. The van der Waals surface area contributed by atoms with Gasteiger partial charge in [-0.1, -0.05) is 69.7 Å². The van der Waals surface area contributed by atoms with E-state index in [2.05, 4.69) is 57.3 Å². The minimum atomic E-state index is -3.52. The number of carbonyl (C=O) groups excluding carboxylic acids is 1. The van der Waals surface area contributed by atoms with E-state index in [0.717, 1.165) is 11.1 Å². The molecule has 32 heavy (non-hydrogen) atoms. The number of nitrogens with one attached hydrogen (secondary N) is 1. The summed E-state index contributed by atoms with van der Waals surface area (Å²) >= 11 is 0. The first-order chi connectivity index (χ1) is 15.1. The van der Waals surface area contributed by atoms with Crippen molar-refractivity contribution >= 4 is 15.9 Å². The Kier molecular flexibility index (Phi) is 7.78. The summed E-state index contributed by atoms with van der Waals surface area (Å²) in [5, 5.41) is 3.24. The summed E-state index contributed by atoms with van der Waals surface area (Å²) in [7, 11) is -3.52. The molecule has 0 radical (unpaired) electrons. The van der Waals surface area contributed by atoms with Crippen LogP contribution < -0.4 is 5.32 Å². The van der Waals surface area contributed by atoms with Crippen molar-refractivity contribution in [3.63, 3.8) is 0 Å². The fourth-order valence-electron chi connectivity index (χ4n) is 4.21. The van der Waals surface area contributed by atoms with E-state index in [4.69, 9.17) is 0 Å². The Balaban J connectivity index is 1.63. The lowest BCUT2D eigenvalue weighted by Crippen LogP contribution is -2.44. The Labute approximate surface area is 193 Å². The molecule has 1 N–H and O–H groups in total. The second kappa shape index (κ2) is 10.2. The maximum absolute atomic E-state index is 13.0. The van der Waals surface area contributed by atoms with Gasteiger partial charge in [0.2, 0.25) is 15.9 Å². The molecule has 0 saturated carbocycles. The number of rotatable bonds is 7. The molecule has 6 heteroatoms. The number of amides is 1. The maximum Gasteiger partial charge on any atom is 0.243 e. The Morgan fingerprint density at radius 2 is 1.44 bits per heavy atom. The van der Waals surface area contributed by atoms with Crippen LogP contribution in [0.1, 0.15) is 69.2 Å². The summed E-state index contributed by atoms with van der Waals surface area (Å²) in [6, 6.07) is 15.4. The van der Waals surface area contributed by atoms with Crippen LogP contribution in [0.5, 0.6) is 0 Å². The minimum absolute atomic E-state index is 0.0176. The SMILES string of the molecule is Cc1ccc(S(=O)(=O)N2CCC(C(=O)NC(c3ccc(C(C)C)cc3)C(C)C)CC2)cc1. The summed E-state index contributed by atoms with van der Waals surface area (Å²) < 4.78 is 27.4. The highest BCUT2D eigenvalue weighted by molar-refractivity contribution is 7.89. The molecule has 1 fully saturated rings. The van der Waals surface area contributed by atoms with Gasteiger partial charge in [0.05, 0.1) is 10.9 Å². The number of hydrogen-bond donors (Lipinski definition) is 1. The Morgan fingerprint density at radius 1 is 0.906 bits per heavy atom. The maximum atomic E-state index is 13.0. The molecule has 1 unspecified atom stereocenters. The van der Waals surface area contributed by atoms with E-state index in [9.17, 15) is 13.2 Å². The zero-order valence-electron chi connectivity index (χ0n) is 19.8. The molecule has 2 aromatic rings. The van der Waals surface area contributed by atoms with Crippen molar-refractivity contribution in [2.45, 2.75) is 64.3 Å². The summed E-state index contributed by atoms with van der Waals surface area (Å²) in [5.41, 5.74) is 3.42. The molecule has 174 valence electrons. The average molecular weight is 457 g/mol. The normalized spacial score (nSPS) is 17.0. The van der Waals surface area contributed by atoms with Crippen LogP contribution in [0, 0.1) is 18.8 Å². The van der Waals surface area contributed by atoms with E-state index in [-0.39, 0.29) is 23.8 Å². The molecule has 0 aromatic heterocycles. The Bertz CT molecular complexity index is 1000. The van der Waals surface area contributed by atoms with E-state index in [1.165, 1.54) is 9.87 Å². The molecule has 3 rings (SSSR count). The highest BCUT2D eigenvalue weighted by atomic mass is 32.2. The molecular weight excluding hydrogens is 420 g/mol. The van der Waals surface area contributed by atoms with Crippen molar-refractivity contribution in [1.29, 1.82) is 0 Å².